The van der Waals surface area contributed by atoms with Crippen LogP contribution in [0.4, 0.5) is 11.4 Å². The Morgan fingerprint density at radius 3 is 2.40 bits per heavy atom. The fraction of sp³-hybridized carbons (Fsp3) is 0.348. The minimum Gasteiger partial charge on any atom is -0.456 e. The molecule has 30 heavy (non-hydrogen) atoms. The lowest BCUT2D eigenvalue weighted by Crippen LogP contribution is -2.22. The van der Waals surface area contributed by atoms with E-state index in [2.05, 4.69) is 32.2 Å². The molecule has 0 radical (unpaired) electrons. The fourth-order valence-corrected chi connectivity index (χ4v) is 3.62. The summed E-state index contributed by atoms with van der Waals surface area (Å²) in [5.41, 5.74) is 3.35. The number of nitrogens with zero attached hydrogens (tertiary/aromatic N) is 1. The molecule has 0 bridgehead atoms. The van der Waals surface area contributed by atoms with E-state index in [9.17, 15) is 14.4 Å². The van der Waals surface area contributed by atoms with Crippen LogP contribution in [0.25, 0.3) is 0 Å². The van der Waals surface area contributed by atoms with Crippen LogP contribution in [0.1, 0.15) is 41.6 Å². The van der Waals surface area contributed by atoms with Crippen molar-refractivity contribution < 1.29 is 19.1 Å². The summed E-state index contributed by atoms with van der Waals surface area (Å²) in [6.45, 7) is 3.68. The number of halogens is 1. The molecule has 0 atom stereocenters. The molecule has 0 unspecified atom stereocenters. The third kappa shape index (κ3) is 6.16. The number of hydrogen-bond donors (Lipinski definition) is 1. The molecule has 0 aliphatic carbocycles. The number of ketones is 1. The number of esters is 1. The van der Waals surface area contributed by atoms with E-state index in [1.165, 1.54) is 12.8 Å². The summed E-state index contributed by atoms with van der Waals surface area (Å²) >= 11 is 3.31. The number of aryl methyl sites for hydroxylation is 1. The molecule has 1 aliphatic rings. The standard InChI is InChI=1S/C23H25BrN2O4/c1-16-14-19(26-12-2-3-13-26)8-9-20(16)25-22(28)15-30-23(29)11-10-21(27)17-4-6-18(24)7-5-17/h4-9,14H,2-3,10-13,15H2,1H3,(H,25,28). The number of ether oxygens (including phenoxy) is 1. The zero-order valence-corrected chi connectivity index (χ0v) is 18.5. The molecule has 6 nitrogen and oxygen atoms in total. The van der Waals surface area contributed by atoms with Gasteiger partial charge in [0.15, 0.2) is 12.4 Å². The van der Waals surface area contributed by atoms with E-state index in [1.54, 1.807) is 24.3 Å². The molecule has 2 aromatic rings. The number of carbonyl (C=O) groups is 3. The summed E-state index contributed by atoms with van der Waals surface area (Å²) < 4.78 is 5.89. The van der Waals surface area contributed by atoms with E-state index in [-0.39, 0.29) is 25.2 Å². The molecule has 1 amide bonds. The smallest absolute Gasteiger partial charge is 0.306 e. The molecule has 1 fully saturated rings. The van der Waals surface area contributed by atoms with Crippen molar-refractivity contribution >= 4 is 45.0 Å². The number of Topliss-reactive ketones (excluding diaryl/α,β-unsaturated/α-hetero) is 1. The Labute approximate surface area is 184 Å². The highest BCUT2D eigenvalue weighted by Gasteiger charge is 2.15. The Bertz CT molecular complexity index is 921. The van der Waals surface area contributed by atoms with Crippen LogP contribution in [0.3, 0.4) is 0 Å². The van der Waals surface area contributed by atoms with Gasteiger partial charge in [-0.3, -0.25) is 14.4 Å². The van der Waals surface area contributed by atoms with Gasteiger partial charge in [0, 0.05) is 40.9 Å². The second-order valence-electron chi connectivity index (χ2n) is 7.33. The molecular weight excluding hydrogens is 448 g/mol. The number of benzene rings is 2. The van der Waals surface area contributed by atoms with Crippen LogP contribution in [0, 0.1) is 6.92 Å². The summed E-state index contributed by atoms with van der Waals surface area (Å²) in [7, 11) is 0. The third-order valence-corrected chi connectivity index (χ3v) is 5.57. The van der Waals surface area contributed by atoms with Crippen molar-refractivity contribution in [2.75, 3.05) is 29.9 Å². The number of rotatable bonds is 8. The summed E-state index contributed by atoms with van der Waals surface area (Å²) in [4.78, 5) is 38.4. The SMILES string of the molecule is Cc1cc(N2CCCC2)ccc1NC(=O)COC(=O)CCC(=O)c1ccc(Br)cc1. The monoisotopic (exact) mass is 472 g/mol. The quantitative estimate of drug-likeness (QED) is 0.451. The highest BCUT2D eigenvalue weighted by molar-refractivity contribution is 9.10. The van der Waals surface area contributed by atoms with Crippen molar-refractivity contribution in [3.05, 3.63) is 58.1 Å². The van der Waals surface area contributed by atoms with Crippen LogP contribution < -0.4 is 10.2 Å². The Morgan fingerprint density at radius 2 is 1.73 bits per heavy atom. The fourth-order valence-electron chi connectivity index (χ4n) is 3.36. The summed E-state index contributed by atoms with van der Waals surface area (Å²) in [5.74, 6) is -1.12. The number of nitrogens with one attached hydrogen (secondary N) is 1. The Kier molecular flexibility index (Phi) is 7.63. The highest BCUT2D eigenvalue weighted by atomic mass is 79.9. The minimum absolute atomic E-state index is 0.0408. The van der Waals surface area contributed by atoms with E-state index in [0.29, 0.717) is 11.3 Å². The molecule has 1 N–H and O–H groups in total. The first kappa shape index (κ1) is 22.0. The van der Waals surface area contributed by atoms with Gasteiger partial charge < -0.3 is 15.0 Å². The van der Waals surface area contributed by atoms with E-state index < -0.39 is 11.9 Å². The molecule has 3 rings (SSSR count). The van der Waals surface area contributed by atoms with Gasteiger partial charge >= 0.3 is 5.97 Å². The van der Waals surface area contributed by atoms with Crippen molar-refractivity contribution in [2.45, 2.75) is 32.6 Å². The normalized spacial score (nSPS) is 13.2. The van der Waals surface area contributed by atoms with Crippen LogP contribution in [0.5, 0.6) is 0 Å². The van der Waals surface area contributed by atoms with Gasteiger partial charge in [-0.1, -0.05) is 28.1 Å². The lowest BCUT2D eigenvalue weighted by Gasteiger charge is -2.19. The van der Waals surface area contributed by atoms with Crippen molar-refractivity contribution in [1.82, 2.24) is 0 Å². The second kappa shape index (κ2) is 10.4. The molecule has 158 valence electrons. The summed E-state index contributed by atoms with van der Waals surface area (Å²) in [6, 6.07) is 12.9. The molecule has 1 heterocycles. The molecule has 0 spiro atoms. The maximum Gasteiger partial charge on any atom is 0.306 e. The minimum atomic E-state index is -0.572. The van der Waals surface area contributed by atoms with Crippen LogP contribution in [-0.2, 0) is 14.3 Å². The average molecular weight is 473 g/mol. The van der Waals surface area contributed by atoms with Crippen LogP contribution in [0.15, 0.2) is 46.9 Å². The van der Waals surface area contributed by atoms with Gasteiger partial charge in [0.2, 0.25) is 0 Å². The third-order valence-electron chi connectivity index (χ3n) is 5.04. The predicted molar refractivity (Wildman–Crippen MR) is 120 cm³/mol. The van der Waals surface area contributed by atoms with Crippen LogP contribution >= 0.6 is 15.9 Å². The van der Waals surface area contributed by atoms with Gasteiger partial charge in [0.25, 0.3) is 5.91 Å². The largest absolute Gasteiger partial charge is 0.456 e. The topological polar surface area (TPSA) is 75.7 Å². The molecular formula is C23H25BrN2O4. The first-order valence-corrected chi connectivity index (χ1v) is 10.8. The van der Waals surface area contributed by atoms with E-state index in [1.807, 2.05) is 19.1 Å². The highest BCUT2D eigenvalue weighted by Crippen LogP contribution is 2.25. The van der Waals surface area contributed by atoms with Crippen molar-refractivity contribution in [3.8, 4) is 0 Å². The van der Waals surface area contributed by atoms with Gasteiger partial charge in [0.1, 0.15) is 0 Å². The lowest BCUT2D eigenvalue weighted by molar-refractivity contribution is -0.147. The average Bonchev–Trinajstić information content (AvgIpc) is 3.27. The number of anilines is 2. The lowest BCUT2D eigenvalue weighted by atomic mass is 10.1. The Morgan fingerprint density at radius 1 is 1.03 bits per heavy atom. The molecule has 7 heteroatoms. The first-order valence-electron chi connectivity index (χ1n) is 10.0. The molecule has 0 saturated carbocycles. The summed E-state index contributed by atoms with van der Waals surface area (Å²) in [6.07, 6.45) is 2.39. The van der Waals surface area contributed by atoms with Gasteiger partial charge in [-0.25, -0.2) is 0 Å². The number of amides is 1. The van der Waals surface area contributed by atoms with Crippen molar-refractivity contribution in [2.24, 2.45) is 0 Å². The maximum atomic E-state index is 12.1. The number of carbonyl (C=O) groups excluding carboxylic acids is 3. The second-order valence-corrected chi connectivity index (χ2v) is 8.25. The van der Waals surface area contributed by atoms with Gasteiger partial charge in [-0.2, -0.15) is 0 Å². The maximum absolute atomic E-state index is 12.1. The van der Waals surface area contributed by atoms with Gasteiger partial charge in [0.05, 0.1) is 6.42 Å². The van der Waals surface area contributed by atoms with E-state index in [4.69, 9.17) is 4.74 Å². The molecule has 1 saturated heterocycles. The van der Waals surface area contributed by atoms with Crippen molar-refractivity contribution in [3.63, 3.8) is 0 Å². The summed E-state index contributed by atoms with van der Waals surface area (Å²) in [5, 5.41) is 2.77. The van der Waals surface area contributed by atoms with E-state index >= 15 is 0 Å². The Balaban J connectivity index is 1.42. The van der Waals surface area contributed by atoms with Crippen LogP contribution in [0.2, 0.25) is 0 Å². The first-order chi connectivity index (χ1) is 14.4. The number of hydrogen-bond acceptors (Lipinski definition) is 5. The molecule has 2 aromatic carbocycles. The molecule has 1 aliphatic heterocycles. The zero-order valence-electron chi connectivity index (χ0n) is 16.9. The van der Waals surface area contributed by atoms with Crippen molar-refractivity contribution in [1.29, 1.82) is 0 Å². The Hall–Kier alpha value is -2.67. The zero-order chi connectivity index (χ0) is 21.5. The van der Waals surface area contributed by atoms with E-state index in [0.717, 1.165) is 28.8 Å². The predicted octanol–water partition coefficient (Wildman–Crippen LogP) is 4.50. The van der Waals surface area contributed by atoms with Gasteiger partial charge in [-0.15, -0.1) is 0 Å². The van der Waals surface area contributed by atoms with Gasteiger partial charge in [-0.05, 0) is 55.7 Å². The van der Waals surface area contributed by atoms with Crippen LogP contribution in [-0.4, -0.2) is 37.4 Å². The molecule has 0 aromatic heterocycles.